The highest BCUT2D eigenvalue weighted by Gasteiger charge is 2.83. The largest absolute Gasteiger partial charge is 0.459 e. The van der Waals surface area contributed by atoms with E-state index in [1.165, 1.54) is 19.9 Å². The van der Waals surface area contributed by atoms with Crippen molar-refractivity contribution in [1.82, 2.24) is 0 Å². The van der Waals surface area contributed by atoms with Crippen molar-refractivity contribution in [2.45, 2.75) is 114 Å². The average Bonchev–Trinajstić information content (AvgIpc) is 3.52. The van der Waals surface area contributed by atoms with Crippen molar-refractivity contribution >= 4 is 35.0 Å². The van der Waals surface area contributed by atoms with Crippen LogP contribution in [0.4, 0.5) is 0 Å². The highest BCUT2D eigenvalue weighted by atomic mass is 32.1. The van der Waals surface area contributed by atoms with Gasteiger partial charge < -0.3 is 39.0 Å². The summed E-state index contributed by atoms with van der Waals surface area (Å²) in [7, 11) is 0. The molecule has 2 saturated carbocycles. The first-order valence-corrected chi connectivity index (χ1v) is 18.1. The van der Waals surface area contributed by atoms with Crippen LogP contribution in [0.1, 0.15) is 77.0 Å². The van der Waals surface area contributed by atoms with Crippen LogP contribution in [0.25, 0.3) is 0 Å². The zero-order chi connectivity index (χ0) is 38.6. The number of benzene rings is 1. The summed E-state index contributed by atoms with van der Waals surface area (Å²) >= 11 is 1.13. The number of carbonyl (C=O) groups excluding carboxylic acids is 4. The molecule has 1 aliphatic heterocycles. The minimum atomic E-state index is -2.65. The van der Waals surface area contributed by atoms with Gasteiger partial charge in [0.15, 0.2) is 23.1 Å². The molecule has 12 nitrogen and oxygen atoms in total. The zero-order valence-electron chi connectivity index (χ0n) is 30.7. The van der Waals surface area contributed by atoms with Gasteiger partial charge in [-0.05, 0) is 62.8 Å². The Kier molecular flexibility index (Phi) is 10.6. The summed E-state index contributed by atoms with van der Waals surface area (Å²) in [6.07, 6.45) is -5.62. The molecule has 0 spiro atoms. The minimum absolute atomic E-state index is 0.0567. The monoisotopic (exact) mass is 740 g/mol. The van der Waals surface area contributed by atoms with Gasteiger partial charge in [0.2, 0.25) is 0 Å². The van der Waals surface area contributed by atoms with Crippen molar-refractivity contribution in [1.29, 1.82) is 0 Å². The lowest BCUT2D eigenvalue weighted by molar-refractivity contribution is -0.310. The summed E-state index contributed by atoms with van der Waals surface area (Å²) in [4.78, 5) is 53.7. The quantitative estimate of drug-likeness (QED) is 0.0985. The first-order valence-electron chi connectivity index (χ1n) is 17.2. The molecule has 282 valence electrons. The number of ether oxygens (including phenoxy) is 5. The lowest BCUT2D eigenvalue weighted by Gasteiger charge is -2.61. The number of fused-ring (bicyclic) bond motifs is 3. The van der Waals surface area contributed by atoms with E-state index >= 15 is 0 Å². The van der Waals surface area contributed by atoms with Gasteiger partial charge in [0.05, 0.1) is 17.3 Å². The minimum Gasteiger partial charge on any atom is -0.459 e. The molecule has 1 aromatic heterocycles. The highest BCUT2D eigenvalue weighted by Crippen LogP contribution is 2.65. The van der Waals surface area contributed by atoms with E-state index in [1.807, 2.05) is 30.3 Å². The van der Waals surface area contributed by atoms with Crippen molar-refractivity contribution in [3.8, 4) is 0 Å². The van der Waals surface area contributed by atoms with E-state index in [1.54, 1.807) is 45.2 Å². The number of hydrogen-bond donors (Lipinski definition) is 3. The van der Waals surface area contributed by atoms with Crippen LogP contribution in [0.5, 0.6) is 0 Å². The highest BCUT2D eigenvalue weighted by molar-refractivity contribution is 7.11. The van der Waals surface area contributed by atoms with Gasteiger partial charge >= 0.3 is 17.9 Å². The lowest BCUT2D eigenvalue weighted by atomic mass is 9.55. The van der Waals surface area contributed by atoms with E-state index in [-0.39, 0.29) is 16.0 Å². The van der Waals surface area contributed by atoms with Crippen molar-refractivity contribution in [3.05, 3.63) is 82.1 Å². The van der Waals surface area contributed by atoms with Crippen LogP contribution in [-0.4, -0.2) is 92.4 Å². The van der Waals surface area contributed by atoms with Crippen LogP contribution in [0.3, 0.4) is 0 Å². The van der Waals surface area contributed by atoms with Gasteiger partial charge in [0.25, 0.3) is 0 Å². The third-order valence-electron chi connectivity index (χ3n) is 11.0. The van der Waals surface area contributed by atoms with Crippen LogP contribution in [0.2, 0.25) is 0 Å². The molecule has 2 aliphatic carbocycles. The van der Waals surface area contributed by atoms with Crippen LogP contribution in [-0.2, 0) is 43.7 Å². The fourth-order valence-corrected chi connectivity index (χ4v) is 8.98. The molecule has 2 heterocycles. The van der Waals surface area contributed by atoms with E-state index in [9.17, 15) is 34.5 Å². The second-order valence-electron chi connectivity index (χ2n) is 14.8. The number of esters is 3. The molecule has 1 saturated heterocycles. The number of aliphatic hydroxyl groups is 3. The predicted octanol–water partition coefficient (Wildman–Crippen LogP) is 4.20. The Bertz CT molecular complexity index is 1750. The Hall–Kier alpha value is -3.72. The van der Waals surface area contributed by atoms with Crippen molar-refractivity contribution in [3.63, 3.8) is 0 Å². The fraction of sp³-hybridized carbons (Fsp3) is 0.538. The molecule has 0 unspecified atom stereocenters. The van der Waals surface area contributed by atoms with Gasteiger partial charge in [0.1, 0.15) is 29.3 Å². The average molecular weight is 741 g/mol. The normalized spacial score (nSPS) is 35.6. The number of thiophene rings is 1. The molecule has 3 N–H and O–H groups in total. The van der Waals surface area contributed by atoms with Crippen LogP contribution in [0, 0.1) is 11.8 Å². The number of allylic oxidation sites excluding steroid dienone is 1. The maximum Gasteiger partial charge on any atom is 0.348 e. The van der Waals surface area contributed by atoms with Crippen molar-refractivity contribution in [2.24, 2.45) is 11.8 Å². The Labute approximate surface area is 307 Å². The van der Waals surface area contributed by atoms with Crippen molar-refractivity contribution < 1.29 is 58.2 Å². The molecule has 52 heavy (non-hydrogen) atoms. The summed E-state index contributed by atoms with van der Waals surface area (Å²) < 4.78 is 31.1. The number of epoxide rings is 1. The van der Waals surface area contributed by atoms with Crippen LogP contribution in [0.15, 0.2) is 71.6 Å². The summed E-state index contributed by atoms with van der Waals surface area (Å²) in [6, 6.07) is 12.3. The van der Waals surface area contributed by atoms with Gasteiger partial charge in [-0.2, -0.15) is 0 Å². The molecule has 13 heteroatoms. The zero-order valence-corrected chi connectivity index (χ0v) is 31.5. The second-order valence-corrected chi connectivity index (χ2v) is 15.7. The predicted molar refractivity (Wildman–Crippen MR) is 189 cm³/mol. The number of Topliss-reactive ketones (excluding diaryl/α,β-unsaturated/α-hetero) is 1. The first kappa shape index (κ1) is 39.5. The fourth-order valence-electron chi connectivity index (χ4n) is 8.37. The molecule has 2 aromatic rings. The number of ketones is 1. The number of hydrogen-bond acceptors (Lipinski definition) is 13. The molecule has 3 aliphatic rings. The van der Waals surface area contributed by atoms with Crippen molar-refractivity contribution in [2.75, 3.05) is 6.61 Å². The van der Waals surface area contributed by atoms with Gasteiger partial charge in [-0.3, -0.25) is 14.4 Å². The molecular weight excluding hydrogens is 692 g/mol. The molecule has 0 bridgehead atoms. The van der Waals surface area contributed by atoms with Gasteiger partial charge in [-0.1, -0.05) is 56.0 Å². The Morgan fingerprint density at radius 2 is 1.65 bits per heavy atom. The number of rotatable bonds is 11. The van der Waals surface area contributed by atoms with E-state index in [0.29, 0.717) is 5.56 Å². The van der Waals surface area contributed by atoms with Crippen LogP contribution < -0.4 is 0 Å². The molecule has 0 radical (unpaired) electrons. The molecular formula is C39H48O12S. The van der Waals surface area contributed by atoms with E-state index in [4.69, 9.17) is 23.7 Å². The summed E-state index contributed by atoms with van der Waals surface area (Å²) in [5, 5.41) is 39.8. The molecule has 10 atom stereocenters. The summed E-state index contributed by atoms with van der Waals surface area (Å²) in [6.45, 7) is 15.3. The summed E-state index contributed by atoms with van der Waals surface area (Å²) in [5.74, 6) is -5.67. The maximum absolute atomic E-state index is 14.6. The topological polar surface area (TPSA) is 178 Å². The molecule has 3 fully saturated rings. The number of aliphatic hydroxyl groups excluding tert-OH is 1. The van der Waals surface area contributed by atoms with Crippen LogP contribution >= 0.6 is 11.3 Å². The third kappa shape index (κ3) is 6.35. The third-order valence-corrected chi connectivity index (χ3v) is 11.9. The standard InChI is InChI=1S/C39H48O12S/c1-10-22(4)29(42)36(45)19-37(51-35(8,9)26-15-12-11-13-16-26)23(5)31(48-24(6)40)39(46,21(2)3)30(43)28(37)32-38(50-32,34(36)49-25(7)41)20-47-33(44)27-17-14-18-52-27/h10-18,23,28,30-32,34,43,45-46H,2,19-20H2,1,3-9H3/b22-10-/t23-,28-,30-,31-,32+,34+,36-,37-,38+,39-/m1/s1. The Balaban J connectivity index is 1.83. The smallest absolute Gasteiger partial charge is 0.348 e. The number of carbonyl (C=O) groups is 4. The van der Waals surface area contributed by atoms with Gasteiger partial charge in [0, 0.05) is 32.1 Å². The second kappa shape index (κ2) is 13.9. The first-order chi connectivity index (χ1) is 24.2. The maximum atomic E-state index is 14.6. The van der Waals surface area contributed by atoms with E-state index in [0.717, 1.165) is 25.2 Å². The summed E-state index contributed by atoms with van der Waals surface area (Å²) in [5.41, 5.74) is -9.14. The molecule has 5 rings (SSSR count). The van der Waals surface area contributed by atoms with E-state index in [2.05, 4.69) is 6.58 Å². The van der Waals surface area contributed by atoms with E-state index < -0.39 is 101 Å². The Morgan fingerprint density at radius 1 is 1.02 bits per heavy atom. The molecule has 1 aromatic carbocycles. The Morgan fingerprint density at radius 3 is 2.19 bits per heavy atom. The molecule has 0 amide bonds. The SMILES string of the molecule is C=C(C)[C@@]1(O)[C@H](O)[C@@H]2[C@@H]3O[C@]3(COC(=O)c3cccs3)[C@@H](OC(C)=O)[C@](O)(C(=O)/C(C)=C\C)C[C@@]2(OC(C)(C)c2ccccc2)[C@H](C)[C@H]1OC(C)=O. The van der Waals surface area contributed by atoms with Gasteiger partial charge in [-0.25, -0.2) is 4.79 Å². The van der Waals surface area contributed by atoms with Gasteiger partial charge in [-0.15, -0.1) is 11.3 Å². The lowest BCUT2D eigenvalue weighted by Crippen LogP contribution is -2.75.